The van der Waals surface area contributed by atoms with Crippen LogP contribution in [0.1, 0.15) is 81.7 Å². The van der Waals surface area contributed by atoms with Gasteiger partial charge in [-0.1, -0.05) is 78.6 Å². The van der Waals surface area contributed by atoms with Crippen LogP contribution in [0.5, 0.6) is 0 Å². The average molecular weight is 878 g/mol. The number of hydrogen-bond acceptors (Lipinski definition) is 15. The van der Waals surface area contributed by atoms with E-state index in [4.69, 9.17) is 62.2 Å². The van der Waals surface area contributed by atoms with Gasteiger partial charge in [0.05, 0.1) is 25.9 Å². The summed E-state index contributed by atoms with van der Waals surface area (Å²) >= 11 is 12.1. The van der Waals surface area contributed by atoms with Crippen LogP contribution in [0.25, 0.3) is 22.3 Å². The molecule has 6 N–H and O–H groups in total. The van der Waals surface area contributed by atoms with E-state index in [1.165, 1.54) is 35.6 Å². The van der Waals surface area contributed by atoms with Gasteiger partial charge in [-0.05, 0) is 36.0 Å². The number of nitrogens with zero attached hydrogens (tertiary/aromatic N) is 8. The third kappa shape index (κ3) is 7.33. The van der Waals surface area contributed by atoms with Gasteiger partial charge in [0.1, 0.15) is 35.4 Å². The molecule has 316 valence electrons. The molecule has 7 rings (SSSR count). The molecule has 3 saturated heterocycles. The Morgan fingerprint density at radius 2 is 1.25 bits per heavy atom. The summed E-state index contributed by atoms with van der Waals surface area (Å²) in [6, 6.07) is 0. The minimum atomic E-state index is -3.02. The van der Waals surface area contributed by atoms with Crippen LogP contribution in [0.15, 0.2) is 12.7 Å². The van der Waals surface area contributed by atoms with Gasteiger partial charge in [0.2, 0.25) is 11.9 Å². The molecule has 23 heteroatoms. The third-order valence-electron chi connectivity index (χ3n) is 11.2. The lowest BCUT2D eigenvalue weighted by atomic mass is 9.98. The number of halogens is 4. The first-order chi connectivity index (χ1) is 26.5. The average Bonchev–Trinajstić information content (AvgIpc) is 3.83. The summed E-state index contributed by atoms with van der Waals surface area (Å²) in [5.74, 6) is -0.116. The van der Waals surface area contributed by atoms with Gasteiger partial charge in [0.15, 0.2) is 45.4 Å². The summed E-state index contributed by atoms with van der Waals surface area (Å²) in [6.07, 6.45) is -3.64. The number of rotatable bonds is 7. The molecule has 0 amide bonds. The monoisotopic (exact) mass is 876 g/mol. The van der Waals surface area contributed by atoms with Crippen molar-refractivity contribution in [2.45, 2.75) is 140 Å². The van der Waals surface area contributed by atoms with Crippen LogP contribution in [0.3, 0.4) is 0 Å². The predicted molar refractivity (Wildman–Crippen MR) is 213 cm³/mol. The maximum Gasteiger partial charge on any atom is 0.335 e. The molecule has 0 spiro atoms. The van der Waals surface area contributed by atoms with Crippen molar-refractivity contribution in [3.05, 3.63) is 23.0 Å². The van der Waals surface area contributed by atoms with E-state index in [1.807, 2.05) is 0 Å². The maximum atomic E-state index is 16.9. The van der Waals surface area contributed by atoms with E-state index in [-0.39, 0.29) is 62.1 Å². The first-order valence-corrected chi connectivity index (χ1v) is 23.5. The molecule has 0 aromatic carbocycles. The third-order valence-corrected chi connectivity index (χ3v) is 22.0. The van der Waals surface area contributed by atoms with Crippen molar-refractivity contribution in [2.75, 3.05) is 24.7 Å². The van der Waals surface area contributed by atoms with E-state index in [2.05, 4.69) is 85.3 Å². The lowest BCUT2D eigenvalue weighted by Gasteiger charge is -2.51. The highest BCUT2D eigenvalue weighted by molar-refractivity contribution is 6.84. The number of aliphatic hydroxyl groups excluding tert-OH is 2. The Morgan fingerprint density at radius 3 is 1.67 bits per heavy atom. The van der Waals surface area contributed by atoms with Crippen LogP contribution >= 0.6 is 23.2 Å². The Balaban J connectivity index is 0.000000221. The number of aromatic nitrogens is 8. The zero-order valence-electron chi connectivity index (χ0n) is 33.5. The summed E-state index contributed by atoms with van der Waals surface area (Å²) in [6.45, 7) is 19.4. The largest absolute Gasteiger partial charge is 0.414 e. The number of nitrogens with two attached hydrogens (primary N) is 2. The normalized spacial score (nSPS) is 31.3. The fraction of sp³-hybridized carbons (Fsp3) is 0.706. The summed E-state index contributed by atoms with van der Waals surface area (Å²) in [7, 11) is -5.79. The minimum Gasteiger partial charge on any atom is -0.414 e. The molecule has 3 aliphatic heterocycles. The maximum absolute atomic E-state index is 16.9. The molecule has 7 heterocycles. The SMILES string of the molecule is CC(C)[Si]1(C(C)C)OC[C@H]2O[C@@H](n3cnc4c(Cl)nc(N)nc43)[C@](C)(F)[C@@H]2O[Si](C(C)C)(C(C)C)O1.C[C@@]1(F)[C@H](O)[C@@H](CO)O[C@H]1n1cnc2c(Cl)nc(N)nc21. The molecule has 0 saturated carbocycles. The number of ether oxygens (including phenoxy) is 2. The van der Waals surface area contributed by atoms with Crippen molar-refractivity contribution in [1.82, 2.24) is 39.0 Å². The zero-order valence-corrected chi connectivity index (χ0v) is 37.0. The van der Waals surface area contributed by atoms with Crippen molar-refractivity contribution < 1.29 is 41.4 Å². The predicted octanol–water partition coefficient (Wildman–Crippen LogP) is 5.68. The van der Waals surface area contributed by atoms with Crippen LogP contribution in [-0.2, 0) is 22.4 Å². The molecule has 0 aliphatic carbocycles. The molecule has 4 aromatic rings. The summed E-state index contributed by atoms with van der Waals surface area (Å²) < 4.78 is 67.1. The Bertz CT molecular complexity index is 2080. The van der Waals surface area contributed by atoms with Gasteiger partial charge in [-0.2, -0.15) is 19.9 Å². The highest BCUT2D eigenvalue weighted by Crippen LogP contribution is 2.52. The summed E-state index contributed by atoms with van der Waals surface area (Å²) in [5.41, 5.74) is 8.82. The van der Waals surface area contributed by atoms with Crippen LogP contribution in [0, 0.1) is 0 Å². The molecule has 57 heavy (non-hydrogen) atoms. The lowest BCUT2D eigenvalue weighted by Crippen LogP contribution is -2.66. The van der Waals surface area contributed by atoms with Gasteiger partial charge in [-0.25, -0.2) is 18.7 Å². The Labute approximate surface area is 341 Å². The second kappa shape index (κ2) is 15.7. The van der Waals surface area contributed by atoms with Gasteiger partial charge in [0.25, 0.3) is 0 Å². The quantitative estimate of drug-likeness (QED) is 0.129. The highest BCUT2D eigenvalue weighted by Gasteiger charge is 2.65. The van der Waals surface area contributed by atoms with E-state index < -0.39 is 71.9 Å². The van der Waals surface area contributed by atoms with E-state index in [0.717, 1.165) is 0 Å². The second-order valence-corrected chi connectivity index (χ2v) is 26.0. The number of alkyl halides is 2. The molecule has 3 fully saturated rings. The Morgan fingerprint density at radius 1 is 0.789 bits per heavy atom. The standard InChI is InChI=1S/C23H39ClFN5O4Si2.C11H13ClFN5O3/c1-12(2)35(13(3)4)31-10-16-18(33-36(34-35,14(5)6)15(7)8)23(9,25)21(32-16)30-11-27-17-19(24)28-22(26)29-20(17)30;1-11(13)6(20)4(2-19)21-9(11)18-3-15-5-7(12)16-10(14)17-8(5)18/h11-16,18,21H,10H2,1-9H3,(H2,26,28,29);3-4,6,9,19-20H,2H2,1H3,(H2,14,16,17)/t16-,18-,21-,23-;4-,6-,9-,11-/m11/s1. The van der Waals surface area contributed by atoms with Gasteiger partial charge in [-0.3, -0.25) is 9.13 Å². The molecule has 8 atom stereocenters. The van der Waals surface area contributed by atoms with Gasteiger partial charge in [0, 0.05) is 0 Å². The zero-order chi connectivity index (χ0) is 42.2. The Kier molecular flexibility index (Phi) is 12.1. The minimum absolute atomic E-state index is 0.0255. The van der Waals surface area contributed by atoms with Crippen molar-refractivity contribution in [3.63, 3.8) is 0 Å². The van der Waals surface area contributed by atoms with Crippen molar-refractivity contribution in [2.24, 2.45) is 0 Å². The number of hydrogen-bond donors (Lipinski definition) is 4. The molecule has 3 aliphatic rings. The number of anilines is 2. The summed E-state index contributed by atoms with van der Waals surface area (Å²) in [4.78, 5) is 24.3. The molecular formula is C34H52Cl2F2N10O7Si2. The first-order valence-electron chi connectivity index (χ1n) is 18.8. The molecule has 17 nitrogen and oxygen atoms in total. The fourth-order valence-corrected chi connectivity index (χ4v) is 19.9. The molecule has 0 unspecified atom stereocenters. The van der Waals surface area contributed by atoms with E-state index in [9.17, 15) is 9.50 Å². The first kappa shape index (κ1) is 43.9. The van der Waals surface area contributed by atoms with Crippen LogP contribution in [0.4, 0.5) is 20.7 Å². The van der Waals surface area contributed by atoms with Gasteiger partial charge in [-0.15, -0.1) is 0 Å². The number of fused-ring (bicyclic) bond motifs is 3. The van der Waals surface area contributed by atoms with Crippen LogP contribution < -0.4 is 11.5 Å². The second-order valence-electron chi connectivity index (χ2n) is 16.4. The van der Waals surface area contributed by atoms with Crippen LogP contribution in [0.2, 0.25) is 32.5 Å². The van der Waals surface area contributed by atoms with Gasteiger partial charge < -0.3 is 44.1 Å². The van der Waals surface area contributed by atoms with Crippen molar-refractivity contribution in [1.29, 1.82) is 0 Å². The van der Waals surface area contributed by atoms with E-state index >= 15 is 4.39 Å². The number of aliphatic hydroxyl groups is 2. The van der Waals surface area contributed by atoms with Crippen molar-refractivity contribution >= 4 is 74.5 Å². The molecule has 0 radical (unpaired) electrons. The molecular weight excluding hydrogens is 826 g/mol. The fourth-order valence-electron chi connectivity index (χ4n) is 8.16. The molecule has 0 bridgehead atoms. The van der Waals surface area contributed by atoms with E-state index in [0.29, 0.717) is 11.2 Å². The number of nitrogen functional groups attached to an aromatic ring is 2. The summed E-state index contributed by atoms with van der Waals surface area (Å²) in [5, 5.41) is 19.2. The van der Waals surface area contributed by atoms with Crippen molar-refractivity contribution in [3.8, 4) is 0 Å². The van der Waals surface area contributed by atoms with Gasteiger partial charge >= 0.3 is 17.1 Å². The topological polar surface area (TPSA) is 226 Å². The smallest absolute Gasteiger partial charge is 0.335 e. The van der Waals surface area contributed by atoms with Crippen LogP contribution in [-0.4, -0.2) is 115 Å². The molecule has 4 aromatic heterocycles. The lowest BCUT2D eigenvalue weighted by molar-refractivity contribution is -0.0594. The Hall–Kier alpha value is -2.71. The van der Waals surface area contributed by atoms with E-state index in [1.54, 1.807) is 0 Å². The highest BCUT2D eigenvalue weighted by atomic mass is 35.5. The number of imidazole rings is 2.